The van der Waals surface area contributed by atoms with Crippen LogP contribution in [0.3, 0.4) is 0 Å². The number of carbonyl (C=O) groups excluding carboxylic acids is 2. The van der Waals surface area contributed by atoms with Gasteiger partial charge in [0, 0.05) is 13.0 Å². The number of nitrogens with zero attached hydrogens (tertiary/aromatic N) is 3. The Kier molecular flexibility index (Phi) is 4.85. The van der Waals surface area contributed by atoms with Crippen LogP contribution < -0.4 is 20.1 Å². The zero-order valence-corrected chi connectivity index (χ0v) is 11.9. The average Bonchev–Trinajstić information content (AvgIpc) is 2.52. The molecule has 0 spiro atoms. The van der Waals surface area contributed by atoms with Crippen LogP contribution in [0.1, 0.15) is 18.7 Å². The van der Waals surface area contributed by atoms with E-state index >= 15 is 0 Å². The number of rotatable bonds is 5. The number of amides is 2. The molecule has 1 fully saturated rings. The largest absolute Gasteiger partial charge is 0.467 e. The molecule has 9 heteroatoms. The fraction of sp³-hybridized carbons (Fsp3) is 0.583. The Morgan fingerprint density at radius 2 is 1.95 bits per heavy atom. The topological polar surface area (TPSA) is 115 Å². The van der Waals surface area contributed by atoms with Crippen molar-refractivity contribution in [2.75, 3.05) is 20.8 Å². The highest BCUT2D eigenvalue weighted by Gasteiger charge is 2.24. The Hall–Kier alpha value is -2.45. The van der Waals surface area contributed by atoms with Crippen LogP contribution in [0.25, 0.3) is 0 Å². The van der Waals surface area contributed by atoms with E-state index in [4.69, 9.17) is 9.47 Å². The van der Waals surface area contributed by atoms with Gasteiger partial charge in [0.25, 0.3) is 0 Å². The van der Waals surface area contributed by atoms with E-state index < -0.39 is 0 Å². The fourth-order valence-corrected chi connectivity index (χ4v) is 1.91. The van der Waals surface area contributed by atoms with Gasteiger partial charge in [0.1, 0.15) is 0 Å². The van der Waals surface area contributed by atoms with Crippen molar-refractivity contribution in [2.45, 2.75) is 19.4 Å². The summed E-state index contributed by atoms with van der Waals surface area (Å²) in [5.41, 5.74) is 0. The van der Waals surface area contributed by atoms with Crippen LogP contribution in [-0.2, 0) is 16.1 Å². The number of aromatic nitrogens is 3. The minimum Gasteiger partial charge on any atom is -0.467 e. The second-order valence-electron chi connectivity index (χ2n) is 4.48. The highest BCUT2D eigenvalue weighted by Crippen LogP contribution is 2.12. The molecule has 1 aliphatic heterocycles. The van der Waals surface area contributed by atoms with Gasteiger partial charge in [-0.25, -0.2) is 0 Å². The molecule has 1 aromatic heterocycles. The molecule has 9 nitrogen and oxygen atoms in total. The molecular formula is C12H17N5O4. The number of nitrogens with one attached hydrogen (secondary N) is 2. The summed E-state index contributed by atoms with van der Waals surface area (Å²) in [4.78, 5) is 35.0. The Bertz CT molecular complexity index is 504. The molecule has 1 unspecified atom stereocenters. The number of hydrogen-bond acceptors (Lipinski definition) is 7. The smallest absolute Gasteiger partial charge is 0.322 e. The maximum absolute atomic E-state index is 12.0. The quantitative estimate of drug-likeness (QED) is 0.718. The molecule has 0 bridgehead atoms. The first-order valence-corrected chi connectivity index (χ1v) is 6.49. The van der Waals surface area contributed by atoms with Crippen LogP contribution in [-0.4, -0.2) is 47.5 Å². The van der Waals surface area contributed by atoms with Crippen molar-refractivity contribution in [1.29, 1.82) is 0 Å². The van der Waals surface area contributed by atoms with Crippen molar-refractivity contribution >= 4 is 11.8 Å². The number of piperidine rings is 1. The maximum Gasteiger partial charge on any atom is 0.322 e. The molecular weight excluding hydrogens is 278 g/mol. The van der Waals surface area contributed by atoms with Crippen LogP contribution >= 0.6 is 0 Å². The predicted octanol–water partition coefficient (Wildman–Crippen LogP) is -0.969. The second kappa shape index (κ2) is 6.82. The Morgan fingerprint density at radius 1 is 1.29 bits per heavy atom. The first-order valence-electron chi connectivity index (χ1n) is 6.49. The van der Waals surface area contributed by atoms with E-state index in [9.17, 15) is 9.59 Å². The molecule has 2 heterocycles. The number of ether oxygens (including phenoxy) is 2. The van der Waals surface area contributed by atoms with Crippen molar-refractivity contribution in [3.8, 4) is 12.0 Å². The highest BCUT2D eigenvalue weighted by atomic mass is 16.5. The zero-order valence-electron chi connectivity index (χ0n) is 11.9. The number of carbonyl (C=O) groups is 2. The van der Waals surface area contributed by atoms with Gasteiger partial charge in [0.15, 0.2) is 5.82 Å². The summed E-state index contributed by atoms with van der Waals surface area (Å²) in [5.74, 6) is -0.0560. The number of methoxy groups -OCH3 is 2. The summed E-state index contributed by atoms with van der Waals surface area (Å²) in [6.07, 6.45) is 0.910. The third-order valence-electron chi connectivity index (χ3n) is 3.06. The molecule has 2 N–H and O–H groups in total. The lowest BCUT2D eigenvalue weighted by molar-refractivity contribution is -0.129. The average molecular weight is 295 g/mol. The standard InChI is InChI=1S/C12H17N5O4/c1-20-11-15-8(16-12(17-11)21-2)6-14-10(19)7-3-4-9(18)13-5-7/h7H,3-6H2,1-2H3,(H,13,18)(H,14,19). The fourth-order valence-electron chi connectivity index (χ4n) is 1.91. The van der Waals surface area contributed by atoms with E-state index in [0.717, 1.165) is 0 Å². The van der Waals surface area contributed by atoms with Crippen LogP contribution in [0.2, 0.25) is 0 Å². The van der Waals surface area contributed by atoms with Gasteiger partial charge in [-0.15, -0.1) is 4.98 Å². The lowest BCUT2D eigenvalue weighted by Gasteiger charge is -2.21. The van der Waals surface area contributed by atoms with E-state index in [-0.39, 0.29) is 36.3 Å². The summed E-state index contributed by atoms with van der Waals surface area (Å²) in [6.45, 7) is 0.493. The van der Waals surface area contributed by atoms with Gasteiger partial charge >= 0.3 is 12.0 Å². The molecule has 1 saturated heterocycles. The summed E-state index contributed by atoms with van der Waals surface area (Å²) >= 11 is 0. The molecule has 0 aromatic carbocycles. The second-order valence-corrected chi connectivity index (χ2v) is 4.48. The van der Waals surface area contributed by atoms with Gasteiger partial charge in [-0.05, 0) is 6.42 Å². The van der Waals surface area contributed by atoms with E-state index in [2.05, 4.69) is 25.6 Å². The van der Waals surface area contributed by atoms with E-state index in [1.807, 2.05) is 0 Å². The summed E-state index contributed by atoms with van der Waals surface area (Å²) < 4.78 is 9.86. The third-order valence-corrected chi connectivity index (χ3v) is 3.06. The van der Waals surface area contributed by atoms with E-state index in [1.165, 1.54) is 14.2 Å². The SMILES string of the molecule is COc1nc(CNC(=O)C2CCC(=O)NC2)nc(OC)n1. The molecule has 2 rings (SSSR count). The molecule has 0 radical (unpaired) electrons. The van der Waals surface area contributed by atoms with Crippen LogP contribution in [0.5, 0.6) is 12.0 Å². The van der Waals surface area contributed by atoms with Gasteiger partial charge in [0.05, 0.1) is 26.7 Å². The van der Waals surface area contributed by atoms with Gasteiger partial charge in [0.2, 0.25) is 11.8 Å². The minimum absolute atomic E-state index is 0.0222. The predicted molar refractivity (Wildman–Crippen MR) is 70.5 cm³/mol. The summed E-state index contributed by atoms with van der Waals surface area (Å²) in [7, 11) is 2.86. The lowest BCUT2D eigenvalue weighted by atomic mass is 9.98. The molecule has 1 aromatic rings. The van der Waals surface area contributed by atoms with Crippen LogP contribution in [0, 0.1) is 5.92 Å². The van der Waals surface area contributed by atoms with Crippen molar-refractivity contribution < 1.29 is 19.1 Å². The normalized spacial score (nSPS) is 17.8. The zero-order chi connectivity index (χ0) is 15.2. The third kappa shape index (κ3) is 4.01. The van der Waals surface area contributed by atoms with Crippen molar-refractivity contribution in [3.63, 3.8) is 0 Å². The molecule has 0 saturated carbocycles. The molecule has 2 amide bonds. The van der Waals surface area contributed by atoms with Crippen molar-refractivity contribution in [3.05, 3.63) is 5.82 Å². The van der Waals surface area contributed by atoms with Gasteiger partial charge in [-0.1, -0.05) is 0 Å². The first-order chi connectivity index (χ1) is 10.1. The van der Waals surface area contributed by atoms with Gasteiger partial charge < -0.3 is 20.1 Å². The van der Waals surface area contributed by atoms with Crippen molar-refractivity contribution in [1.82, 2.24) is 25.6 Å². The van der Waals surface area contributed by atoms with Crippen LogP contribution in [0.15, 0.2) is 0 Å². The summed E-state index contributed by atoms with van der Waals surface area (Å²) in [5, 5.41) is 5.40. The molecule has 1 aliphatic rings. The minimum atomic E-state index is -0.228. The molecule has 21 heavy (non-hydrogen) atoms. The first kappa shape index (κ1) is 14.9. The van der Waals surface area contributed by atoms with Crippen LogP contribution in [0.4, 0.5) is 0 Å². The van der Waals surface area contributed by atoms with E-state index in [0.29, 0.717) is 25.2 Å². The monoisotopic (exact) mass is 295 g/mol. The number of hydrogen-bond donors (Lipinski definition) is 2. The Labute approximate surface area is 121 Å². The highest BCUT2D eigenvalue weighted by molar-refractivity contribution is 5.83. The van der Waals surface area contributed by atoms with Gasteiger partial charge in [-0.2, -0.15) is 9.97 Å². The van der Waals surface area contributed by atoms with Crippen molar-refractivity contribution in [2.24, 2.45) is 5.92 Å². The summed E-state index contributed by atoms with van der Waals surface area (Å²) in [6, 6.07) is 0.243. The van der Waals surface area contributed by atoms with E-state index in [1.54, 1.807) is 0 Å². The lowest BCUT2D eigenvalue weighted by Crippen LogP contribution is -2.42. The Morgan fingerprint density at radius 3 is 2.48 bits per heavy atom. The molecule has 0 aliphatic carbocycles. The maximum atomic E-state index is 12.0. The molecule has 1 atom stereocenters. The molecule has 114 valence electrons. The Balaban J connectivity index is 1.93. The van der Waals surface area contributed by atoms with Gasteiger partial charge in [-0.3, -0.25) is 9.59 Å².